The number of hydrogen-bond acceptors (Lipinski definition) is 3. The minimum absolute atomic E-state index is 0.0510. The van der Waals surface area contributed by atoms with E-state index in [0.29, 0.717) is 5.82 Å². The van der Waals surface area contributed by atoms with Crippen LogP contribution >= 0.6 is 0 Å². The molecule has 1 aliphatic heterocycles. The summed E-state index contributed by atoms with van der Waals surface area (Å²) >= 11 is 0. The molecular weight excluding hydrogens is 228 g/mol. The Kier molecular flexibility index (Phi) is 2.51. The van der Waals surface area contributed by atoms with Crippen molar-refractivity contribution in [1.29, 1.82) is 0 Å². The molecule has 1 aromatic heterocycles. The fraction of sp³-hybridized carbons (Fsp3) is 0.231. The molecule has 0 saturated heterocycles. The molecule has 0 radical (unpaired) electrons. The summed E-state index contributed by atoms with van der Waals surface area (Å²) in [5.41, 5.74) is 2.22. The van der Waals surface area contributed by atoms with Gasteiger partial charge in [-0.1, -0.05) is 18.2 Å². The Labute approximate surface area is 105 Å². The number of nitrogens with one attached hydrogen (secondary N) is 2. The zero-order valence-electron chi connectivity index (χ0n) is 10.1. The minimum atomic E-state index is -0.218. The third kappa shape index (κ3) is 1.95. The summed E-state index contributed by atoms with van der Waals surface area (Å²) in [6, 6.07) is 9.54. The Balaban J connectivity index is 1.69. The van der Waals surface area contributed by atoms with Crippen LogP contribution in [0.4, 0.5) is 11.5 Å². The quantitative estimate of drug-likeness (QED) is 0.836. The van der Waals surface area contributed by atoms with E-state index in [4.69, 9.17) is 0 Å². The molecule has 2 heterocycles. The van der Waals surface area contributed by atoms with Gasteiger partial charge in [0.25, 0.3) is 0 Å². The van der Waals surface area contributed by atoms with Crippen LogP contribution in [0, 0.1) is 0 Å². The highest BCUT2D eigenvalue weighted by Crippen LogP contribution is 2.25. The van der Waals surface area contributed by atoms with Gasteiger partial charge in [-0.25, -0.2) is 0 Å². The summed E-state index contributed by atoms with van der Waals surface area (Å²) in [4.78, 5) is 12.1. The van der Waals surface area contributed by atoms with Crippen LogP contribution in [0.5, 0.6) is 0 Å². The van der Waals surface area contributed by atoms with Crippen LogP contribution in [-0.4, -0.2) is 21.7 Å². The van der Waals surface area contributed by atoms with E-state index in [1.807, 2.05) is 31.3 Å². The van der Waals surface area contributed by atoms with E-state index >= 15 is 0 Å². The molecule has 1 atom stereocenters. The van der Waals surface area contributed by atoms with E-state index in [1.165, 1.54) is 5.56 Å². The van der Waals surface area contributed by atoms with Crippen LogP contribution < -0.4 is 10.6 Å². The van der Waals surface area contributed by atoms with Gasteiger partial charge in [-0.3, -0.25) is 9.48 Å². The van der Waals surface area contributed by atoms with Gasteiger partial charge in [-0.05, 0) is 11.6 Å². The first kappa shape index (κ1) is 10.8. The summed E-state index contributed by atoms with van der Waals surface area (Å²) in [5.74, 6) is 0.533. The topological polar surface area (TPSA) is 59.0 Å². The Hall–Kier alpha value is -2.30. The Bertz CT molecular complexity index is 565. The average Bonchev–Trinajstić information content (AvgIpc) is 2.95. The van der Waals surface area contributed by atoms with E-state index < -0.39 is 0 Å². The second-order valence-electron chi connectivity index (χ2n) is 4.42. The van der Waals surface area contributed by atoms with Gasteiger partial charge < -0.3 is 10.6 Å². The number of benzene rings is 1. The number of aromatic nitrogens is 2. The molecule has 18 heavy (non-hydrogen) atoms. The smallest absolute Gasteiger partial charge is 0.248 e. The summed E-state index contributed by atoms with van der Waals surface area (Å²) < 4.78 is 1.66. The molecule has 1 aromatic carbocycles. The molecule has 0 fully saturated rings. The fourth-order valence-electron chi connectivity index (χ4n) is 2.15. The van der Waals surface area contributed by atoms with Crippen molar-refractivity contribution < 1.29 is 4.79 Å². The zero-order chi connectivity index (χ0) is 12.5. The zero-order valence-corrected chi connectivity index (χ0v) is 10.1. The normalized spacial score (nSPS) is 17.1. The molecule has 3 rings (SSSR count). The molecule has 2 N–H and O–H groups in total. The van der Waals surface area contributed by atoms with Crippen LogP contribution in [0.25, 0.3) is 0 Å². The maximum Gasteiger partial charge on any atom is 0.248 e. The largest absolute Gasteiger partial charge is 0.373 e. The van der Waals surface area contributed by atoms with Crippen molar-refractivity contribution in [1.82, 2.24) is 9.78 Å². The predicted molar refractivity (Wildman–Crippen MR) is 69.4 cm³/mol. The van der Waals surface area contributed by atoms with E-state index in [9.17, 15) is 4.79 Å². The Morgan fingerprint density at radius 1 is 1.44 bits per heavy atom. The van der Waals surface area contributed by atoms with Gasteiger partial charge in [0, 0.05) is 31.4 Å². The second kappa shape index (κ2) is 4.18. The van der Waals surface area contributed by atoms with Gasteiger partial charge in [0.1, 0.15) is 6.04 Å². The lowest BCUT2D eigenvalue weighted by Crippen LogP contribution is -2.32. The molecule has 0 bridgehead atoms. The van der Waals surface area contributed by atoms with Crippen LogP contribution in [-0.2, 0) is 18.3 Å². The second-order valence-corrected chi connectivity index (χ2v) is 4.42. The van der Waals surface area contributed by atoms with Crippen molar-refractivity contribution in [2.45, 2.75) is 12.5 Å². The summed E-state index contributed by atoms with van der Waals surface area (Å²) in [7, 11) is 1.82. The highest BCUT2D eigenvalue weighted by atomic mass is 16.2. The molecule has 2 aromatic rings. The monoisotopic (exact) mass is 242 g/mol. The fourth-order valence-corrected chi connectivity index (χ4v) is 2.15. The summed E-state index contributed by atoms with van der Waals surface area (Å²) in [6.07, 6.45) is 2.52. The molecule has 92 valence electrons. The molecule has 0 aliphatic carbocycles. The van der Waals surface area contributed by atoms with Crippen molar-refractivity contribution >= 4 is 17.4 Å². The lowest BCUT2D eigenvalue weighted by Gasteiger charge is -2.10. The predicted octanol–water partition coefficient (Wildman–Crippen LogP) is 1.40. The van der Waals surface area contributed by atoms with Gasteiger partial charge in [-0.15, -0.1) is 0 Å². The van der Waals surface area contributed by atoms with Crippen molar-refractivity contribution in [3.8, 4) is 0 Å². The molecule has 1 amide bonds. The highest BCUT2D eigenvalue weighted by molar-refractivity contribution is 5.97. The van der Waals surface area contributed by atoms with Crippen molar-refractivity contribution in [2.75, 3.05) is 10.6 Å². The third-order valence-corrected chi connectivity index (χ3v) is 3.05. The van der Waals surface area contributed by atoms with Crippen LogP contribution in [0.3, 0.4) is 0 Å². The standard InChI is InChI=1S/C13H14N4O/c1-17-7-6-12(16-17)15-13(18)11-8-9-4-2-3-5-10(9)14-11/h2-7,11,14H,8H2,1H3,(H,15,16,18)/t11-/m0/s1. The minimum Gasteiger partial charge on any atom is -0.373 e. The number of nitrogens with zero attached hydrogens (tertiary/aromatic N) is 2. The van der Waals surface area contributed by atoms with Gasteiger partial charge in [0.05, 0.1) is 0 Å². The maximum atomic E-state index is 12.1. The Morgan fingerprint density at radius 2 is 2.28 bits per heavy atom. The number of fused-ring (bicyclic) bond motifs is 1. The Morgan fingerprint density at radius 3 is 3.00 bits per heavy atom. The lowest BCUT2D eigenvalue weighted by atomic mass is 10.1. The van der Waals surface area contributed by atoms with Crippen molar-refractivity contribution in [3.05, 3.63) is 42.1 Å². The number of anilines is 2. The number of para-hydroxylation sites is 1. The van der Waals surface area contributed by atoms with Crippen LogP contribution in [0.1, 0.15) is 5.56 Å². The first-order valence-corrected chi connectivity index (χ1v) is 5.87. The molecular formula is C13H14N4O. The van der Waals surface area contributed by atoms with Crippen molar-refractivity contribution in [2.24, 2.45) is 7.05 Å². The number of carbonyl (C=O) groups is 1. The number of rotatable bonds is 2. The van der Waals surface area contributed by atoms with Gasteiger partial charge in [0.2, 0.25) is 5.91 Å². The summed E-state index contributed by atoms with van der Waals surface area (Å²) in [6.45, 7) is 0. The first-order chi connectivity index (χ1) is 8.72. The van der Waals surface area contributed by atoms with Crippen molar-refractivity contribution in [3.63, 3.8) is 0 Å². The van der Waals surface area contributed by atoms with E-state index in [-0.39, 0.29) is 11.9 Å². The molecule has 0 unspecified atom stereocenters. The molecule has 5 nitrogen and oxygen atoms in total. The lowest BCUT2D eigenvalue weighted by molar-refractivity contribution is -0.116. The van der Waals surface area contributed by atoms with Gasteiger partial charge in [0.15, 0.2) is 5.82 Å². The van der Waals surface area contributed by atoms with Gasteiger partial charge >= 0.3 is 0 Å². The summed E-state index contributed by atoms with van der Waals surface area (Å²) in [5, 5.41) is 10.1. The highest BCUT2D eigenvalue weighted by Gasteiger charge is 2.26. The van der Waals surface area contributed by atoms with E-state index in [2.05, 4.69) is 15.7 Å². The molecule has 0 spiro atoms. The number of aryl methyl sites for hydroxylation is 1. The van der Waals surface area contributed by atoms with E-state index in [1.54, 1.807) is 16.9 Å². The third-order valence-electron chi connectivity index (χ3n) is 3.05. The molecule has 0 saturated carbocycles. The number of carbonyl (C=O) groups excluding carboxylic acids is 1. The first-order valence-electron chi connectivity index (χ1n) is 5.87. The number of hydrogen-bond donors (Lipinski definition) is 2. The average molecular weight is 242 g/mol. The van der Waals surface area contributed by atoms with Gasteiger partial charge in [-0.2, -0.15) is 5.10 Å². The number of amides is 1. The van der Waals surface area contributed by atoms with Crippen LogP contribution in [0.2, 0.25) is 0 Å². The maximum absolute atomic E-state index is 12.1. The van der Waals surface area contributed by atoms with E-state index in [0.717, 1.165) is 12.1 Å². The SMILES string of the molecule is Cn1ccc(NC(=O)[C@@H]2Cc3ccccc3N2)n1. The molecule has 1 aliphatic rings. The van der Waals surface area contributed by atoms with Crippen LogP contribution in [0.15, 0.2) is 36.5 Å². The molecule has 5 heteroatoms.